The third-order valence-electron chi connectivity index (χ3n) is 10.3. The van der Waals surface area contributed by atoms with Crippen molar-refractivity contribution in [1.29, 1.82) is 0 Å². The van der Waals surface area contributed by atoms with Crippen LogP contribution in [-0.2, 0) is 18.4 Å². The van der Waals surface area contributed by atoms with E-state index in [1.165, 1.54) is 141 Å². The van der Waals surface area contributed by atoms with E-state index in [0.717, 1.165) is 44.9 Å². The van der Waals surface area contributed by atoms with Crippen LogP contribution in [0.3, 0.4) is 0 Å². The first-order chi connectivity index (χ1) is 27.0. The molecule has 0 fully saturated rings. The highest BCUT2D eigenvalue weighted by Gasteiger charge is 2.23. The van der Waals surface area contributed by atoms with Gasteiger partial charge in [0, 0.05) is 6.42 Å². The van der Waals surface area contributed by atoms with E-state index in [9.17, 15) is 19.4 Å². The third kappa shape index (κ3) is 40.9. The van der Waals surface area contributed by atoms with Crippen LogP contribution in [0, 0.1) is 0 Å². The number of hydrogen-bond donors (Lipinski definition) is 2. The minimum Gasteiger partial charge on any atom is -0.756 e. The van der Waals surface area contributed by atoms with Crippen LogP contribution in [0.5, 0.6) is 0 Å². The number of quaternary nitrogens is 1. The molecular weight excluding hydrogens is 719 g/mol. The number of phosphoric acid groups is 1. The molecule has 9 heteroatoms. The Bertz CT molecular complexity index is 1010. The van der Waals surface area contributed by atoms with Crippen LogP contribution in [0.1, 0.15) is 206 Å². The Morgan fingerprint density at radius 1 is 0.607 bits per heavy atom. The largest absolute Gasteiger partial charge is 0.756 e. The molecule has 0 aromatic heterocycles. The molecule has 330 valence electrons. The summed E-state index contributed by atoms with van der Waals surface area (Å²) in [5, 5.41) is 13.8. The Morgan fingerprint density at radius 3 is 1.45 bits per heavy atom. The zero-order chi connectivity index (χ0) is 41.4. The molecule has 0 bridgehead atoms. The molecule has 56 heavy (non-hydrogen) atoms. The first kappa shape index (κ1) is 54.7. The van der Waals surface area contributed by atoms with Gasteiger partial charge in [0.05, 0.1) is 39.9 Å². The summed E-state index contributed by atoms with van der Waals surface area (Å²) in [5.41, 5.74) is 0. The molecule has 0 aromatic carbocycles. The van der Waals surface area contributed by atoms with E-state index in [1.807, 2.05) is 27.2 Å². The number of aliphatic hydroxyl groups excluding tert-OH is 1. The highest BCUT2D eigenvalue weighted by Crippen LogP contribution is 2.38. The molecular formula is C47H91N2O6P. The quantitative estimate of drug-likeness (QED) is 0.0275. The Balaban J connectivity index is 4.46. The average molecular weight is 811 g/mol. The van der Waals surface area contributed by atoms with Crippen molar-refractivity contribution in [3.8, 4) is 0 Å². The van der Waals surface area contributed by atoms with Gasteiger partial charge in [0.15, 0.2) is 0 Å². The molecule has 0 rings (SSSR count). The maximum absolute atomic E-state index is 12.8. The molecule has 3 atom stereocenters. The van der Waals surface area contributed by atoms with Crippen molar-refractivity contribution in [2.75, 3.05) is 40.9 Å². The standard InChI is InChI=1S/C47H91N2O6P/c1-6-8-10-12-14-16-18-20-22-23-24-25-26-27-28-30-32-34-36-38-40-46(50)45(44-55-56(52,53)54-43-42-49(3,4)5)48-47(51)41-39-37-35-33-31-29-21-19-17-15-13-11-9-7-2/h25-26,30,32,38,40,45-46,50H,6-24,27-29,31,33-37,39,41-44H2,1-5H3,(H-,48,51,52,53)/b26-25+,32-30+,40-38+. The Hall–Kier alpha value is -1.28. The van der Waals surface area contributed by atoms with Crippen LogP contribution >= 0.6 is 7.82 Å². The number of nitrogens with zero attached hydrogens (tertiary/aromatic N) is 1. The lowest BCUT2D eigenvalue weighted by atomic mass is 10.0. The normalized spacial score (nSPS) is 14.6. The number of nitrogens with one attached hydrogen (secondary N) is 1. The van der Waals surface area contributed by atoms with Gasteiger partial charge in [0.2, 0.25) is 5.91 Å². The van der Waals surface area contributed by atoms with Gasteiger partial charge >= 0.3 is 0 Å². The molecule has 0 spiro atoms. The van der Waals surface area contributed by atoms with Crippen molar-refractivity contribution in [1.82, 2.24) is 5.32 Å². The van der Waals surface area contributed by atoms with Crippen molar-refractivity contribution in [2.24, 2.45) is 0 Å². The summed E-state index contributed by atoms with van der Waals surface area (Å²) in [6, 6.07) is -0.905. The number of carbonyl (C=O) groups excluding carboxylic acids is 1. The van der Waals surface area contributed by atoms with Crippen LogP contribution in [0.2, 0.25) is 0 Å². The van der Waals surface area contributed by atoms with Crippen molar-refractivity contribution in [3.63, 3.8) is 0 Å². The van der Waals surface area contributed by atoms with Crippen molar-refractivity contribution < 1.29 is 32.9 Å². The van der Waals surface area contributed by atoms with E-state index in [4.69, 9.17) is 9.05 Å². The van der Waals surface area contributed by atoms with Crippen LogP contribution in [0.15, 0.2) is 36.5 Å². The number of carbonyl (C=O) groups is 1. The van der Waals surface area contributed by atoms with Crippen molar-refractivity contribution >= 4 is 13.7 Å². The maximum atomic E-state index is 12.8. The first-order valence-corrected chi connectivity index (χ1v) is 24.8. The molecule has 0 saturated carbocycles. The highest BCUT2D eigenvalue weighted by atomic mass is 31.2. The monoisotopic (exact) mass is 811 g/mol. The summed E-state index contributed by atoms with van der Waals surface area (Å²) in [4.78, 5) is 25.3. The summed E-state index contributed by atoms with van der Waals surface area (Å²) < 4.78 is 23.2. The molecule has 0 aromatic rings. The Labute approximate surface area is 347 Å². The van der Waals surface area contributed by atoms with Gasteiger partial charge in [-0.1, -0.05) is 192 Å². The zero-order valence-corrected chi connectivity index (χ0v) is 38.2. The number of unbranched alkanes of at least 4 members (excludes halogenated alkanes) is 25. The fraction of sp³-hybridized carbons (Fsp3) is 0.851. The van der Waals surface area contributed by atoms with Gasteiger partial charge in [-0.3, -0.25) is 9.36 Å². The fourth-order valence-corrected chi connectivity index (χ4v) is 7.32. The van der Waals surface area contributed by atoms with Gasteiger partial charge in [-0.05, 0) is 44.9 Å². The molecule has 0 saturated heterocycles. The van der Waals surface area contributed by atoms with Crippen molar-refractivity contribution in [2.45, 2.75) is 219 Å². The van der Waals surface area contributed by atoms with Gasteiger partial charge < -0.3 is 28.8 Å². The predicted molar refractivity (Wildman–Crippen MR) is 238 cm³/mol. The molecule has 0 radical (unpaired) electrons. The van der Waals surface area contributed by atoms with Gasteiger partial charge in [-0.15, -0.1) is 0 Å². The Kier molecular flexibility index (Phi) is 38.3. The van der Waals surface area contributed by atoms with Gasteiger partial charge in [-0.25, -0.2) is 0 Å². The molecule has 0 heterocycles. The second-order valence-electron chi connectivity index (χ2n) is 17.1. The van der Waals surface area contributed by atoms with Gasteiger partial charge in [-0.2, -0.15) is 0 Å². The number of amides is 1. The van der Waals surface area contributed by atoms with E-state index < -0.39 is 26.6 Å². The van der Waals surface area contributed by atoms with E-state index in [1.54, 1.807) is 6.08 Å². The zero-order valence-electron chi connectivity index (χ0n) is 37.3. The number of rotatable bonds is 42. The lowest BCUT2D eigenvalue weighted by Crippen LogP contribution is -2.45. The number of aliphatic hydroxyl groups is 1. The molecule has 0 aliphatic heterocycles. The maximum Gasteiger partial charge on any atom is 0.268 e. The fourth-order valence-electron chi connectivity index (χ4n) is 6.60. The van der Waals surface area contributed by atoms with Crippen LogP contribution in [-0.4, -0.2) is 68.5 Å². The van der Waals surface area contributed by atoms with Crippen molar-refractivity contribution in [3.05, 3.63) is 36.5 Å². The lowest BCUT2D eigenvalue weighted by molar-refractivity contribution is -0.870. The number of likely N-dealkylation sites (N-methyl/N-ethyl adjacent to an activating group) is 1. The summed E-state index contributed by atoms with van der Waals surface area (Å²) in [6.07, 6.45) is 47.7. The summed E-state index contributed by atoms with van der Waals surface area (Å²) in [5.74, 6) is -0.211. The second kappa shape index (κ2) is 39.2. The van der Waals surface area contributed by atoms with Crippen LogP contribution < -0.4 is 10.2 Å². The smallest absolute Gasteiger partial charge is 0.268 e. The predicted octanol–water partition coefficient (Wildman–Crippen LogP) is 12.5. The number of hydrogen-bond acceptors (Lipinski definition) is 6. The van der Waals surface area contributed by atoms with Gasteiger partial charge in [0.25, 0.3) is 7.82 Å². The lowest BCUT2D eigenvalue weighted by Gasteiger charge is -2.29. The first-order valence-electron chi connectivity index (χ1n) is 23.4. The average Bonchev–Trinajstić information content (AvgIpc) is 3.15. The van der Waals surface area contributed by atoms with Gasteiger partial charge in [0.1, 0.15) is 13.2 Å². The molecule has 0 aliphatic rings. The van der Waals surface area contributed by atoms with E-state index in [2.05, 4.69) is 43.5 Å². The number of phosphoric ester groups is 1. The summed E-state index contributed by atoms with van der Waals surface area (Å²) >= 11 is 0. The molecule has 8 nitrogen and oxygen atoms in total. The second-order valence-corrected chi connectivity index (χ2v) is 18.5. The summed E-state index contributed by atoms with van der Waals surface area (Å²) in [7, 11) is 1.24. The van der Waals surface area contributed by atoms with E-state index in [0.29, 0.717) is 17.4 Å². The molecule has 1 amide bonds. The minimum atomic E-state index is -4.60. The topological polar surface area (TPSA) is 108 Å². The van der Waals surface area contributed by atoms with E-state index in [-0.39, 0.29) is 12.5 Å². The number of allylic oxidation sites excluding steroid dienone is 5. The van der Waals surface area contributed by atoms with E-state index >= 15 is 0 Å². The summed E-state index contributed by atoms with van der Waals surface area (Å²) in [6.45, 7) is 4.62. The molecule has 2 N–H and O–H groups in total. The molecule has 0 aliphatic carbocycles. The van der Waals surface area contributed by atoms with Crippen LogP contribution in [0.25, 0.3) is 0 Å². The van der Waals surface area contributed by atoms with Crippen LogP contribution in [0.4, 0.5) is 0 Å². The SMILES string of the molecule is CCCCCCCCCCCC/C=C/CC/C=C/CC/C=C/C(O)C(COP(=O)([O-])OCC[N+](C)(C)C)NC(=O)CCCCCCCCCCCCCCCC. The molecule has 3 unspecified atom stereocenters. The minimum absolute atomic E-state index is 0.00785. The third-order valence-corrected chi connectivity index (χ3v) is 11.3. The Morgan fingerprint density at radius 2 is 1.00 bits per heavy atom. The highest BCUT2D eigenvalue weighted by molar-refractivity contribution is 7.45.